The van der Waals surface area contributed by atoms with Gasteiger partial charge in [-0.3, -0.25) is 5.41 Å². The van der Waals surface area contributed by atoms with Crippen LogP contribution in [0, 0.1) is 5.41 Å². The van der Waals surface area contributed by atoms with E-state index in [9.17, 15) is 0 Å². The maximum absolute atomic E-state index is 7.54. The Bertz CT molecular complexity index is 629. The summed E-state index contributed by atoms with van der Waals surface area (Å²) in [6.45, 7) is 0.310. The molecule has 0 aromatic heterocycles. The number of nitrogens with one attached hydrogen (secondary N) is 1. The molecule has 2 rings (SSSR count). The topological polar surface area (TPSA) is 68.3 Å². The van der Waals surface area contributed by atoms with Gasteiger partial charge in [0, 0.05) is 10.6 Å². The van der Waals surface area contributed by atoms with Crippen molar-refractivity contribution in [3.63, 3.8) is 0 Å². The van der Waals surface area contributed by atoms with Crippen molar-refractivity contribution in [1.82, 2.24) is 0 Å². The van der Waals surface area contributed by atoms with Gasteiger partial charge in [0.2, 0.25) is 0 Å². The van der Waals surface area contributed by atoms with E-state index >= 15 is 0 Å². The van der Waals surface area contributed by atoms with Crippen LogP contribution in [0.3, 0.4) is 0 Å². The molecule has 0 heterocycles. The molecule has 2 aromatic rings. The lowest BCUT2D eigenvalue weighted by molar-refractivity contribution is 0.296. The summed E-state index contributed by atoms with van der Waals surface area (Å²) >= 11 is 5.95. The predicted octanol–water partition coefficient (Wildman–Crippen LogP) is 3.21. The van der Waals surface area contributed by atoms with Crippen molar-refractivity contribution >= 4 is 17.4 Å². The zero-order valence-corrected chi connectivity index (χ0v) is 11.8. The quantitative estimate of drug-likeness (QED) is 0.656. The number of hydrogen-bond donors (Lipinski definition) is 2. The minimum absolute atomic E-state index is 0.0586. The standard InChI is InChI=1S/C15H15ClN2O2/c1-19-13-5-3-2-4-10(13)9-20-14-8-11(16)6-7-12(14)15(17)18/h2-8H,9H2,1H3,(H3,17,18). The zero-order valence-electron chi connectivity index (χ0n) is 11.0. The first-order valence-electron chi connectivity index (χ1n) is 6.00. The molecule has 0 saturated heterocycles. The molecule has 4 nitrogen and oxygen atoms in total. The maximum atomic E-state index is 7.54. The zero-order chi connectivity index (χ0) is 14.5. The summed E-state index contributed by atoms with van der Waals surface area (Å²) < 4.78 is 11.0. The van der Waals surface area contributed by atoms with E-state index in [1.54, 1.807) is 25.3 Å². The highest BCUT2D eigenvalue weighted by atomic mass is 35.5. The minimum Gasteiger partial charge on any atom is -0.496 e. The second-order valence-electron chi connectivity index (χ2n) is 4.15. The van der Waals surface area contributed by atoms with Crippen LogP contribution in [0.4, 0.5) is 0 Å². The van der Waals surface area contributed by atoms with E-state index in [2.05, 4.69) is 0 Å². The molecular weight excluding hydrogens is 276 g/mol. The van der Waals surface area contributed by atoms with Gasteiger partial charge in [0.05, 0.1) is 12.7 Å². The molecule has 0 saturated carbocycles. The lowest BCUT2D eigenvalue weighted by Crippen LogP contribution is -2.13. The normalized spacial score (nSPS) is 10.1. The summed E-state index contributed by atoms with van der Waals surface area (Å²) in [7, 11) is 1.61. The molecule has 0 aliphatic carbocycles. The van der Waals surface area contributed by atoms with E-state index in [4.69, 9.17) is 32.2 Å². The second-order valence-corrected chi connectivity index (χ2v) is 4.59. The first kappa shape index (κ1) is 14.2. The van der Waals surface area contributed by atoms with Gasteiger partial charge in [-0.15, -0.1) is 0 Å². The molecular formula is C15H15ClN2O2. The van der Waals surface area contributed by atoms with Crippen LogP contribution in [0.5, 0.6) is 11.5 Å². The maximum Gasteiger partial charge on any atom is 0.132 e. The fourth-order valence-electron chi connectivity index (χ4n) is 1.82. The highest BCUT2D eigenvalue weighted by Gasteiger charge is 2.09. The lowest BCUT2D eigenvalue weighted by atomic mass is 10.2. The lowest BCUT2D eigenvalue weighted by Gasteiger charge is -2.13. The fourth-order valence-corrected chi connectivity index (χ4v) is 1.98. The number of halogens is 1. The number of hydrogen-bond acceptors (Lipinski definition) is 3. The minimum atomic E-state index is -0.0586. The summed E-state index contributed by atoms with van der Waals surface area (Å²) in [6, 6.07) is 12.6. The Hall–Kier alpha value is -2.20. The number of amidine groups is 1. The van der Waals surface area contributed by atoms with Crippen LogP contribution in [0.15, 0.2) is 42.5 Å². The van der Waals surface area contributed by atoms with Gasteiger partial charge in [-0.2, -0.15) is 0 Å². The second kappa shape index (κ2) is 6.30. The van der Waals surface area contributed by atoms with Crippen molar-refractivity contribution in [3.8, 4) is 11.5 Å². The first-order valence-corrected chi connectivity index (χ1v) is 6.38. The van der Waals surface area contributed by atoms with Crippen LogP contribution in [0.1, 0.15) is 11.1 Å². The molecule has 0 amide bonds. The fraction of sp³-hybridized carbons (Fsp3) is 0.133. The van der Waals surface area contributed by atoms with E-state index in [1.807, 2.05) is 24.3 Å². The molecule has 3 N–H and O–H groups in total. The Morgan fingerprint density at radius 2 is 1.95 bits per heavy atom. The monoisotopic (exact) mass is 290 g/mol. The van der Waals surface area contributed by atoms with Crippen molar-refractivity contribution in [2.75, 3.05) is 7.11 Å². The smallest absolute Gasteiger partial charge is 0.132 e. The molecule has 2 aromatic carbocycles. The molecule has 0 atom stereocenters. The van der Waals surface area contributed by atoms with Gasteiger partial charge in [0.25, 0.3) is 0 Å². The third-order valence-corrected chi connectivity index (χ3v) is 3.04. The van der Waals surface area contributed by atoms with Crippen LogP contribution in [-0.2, 0) is 6.61 Å². The van der Waals surface area contributed by atoms with E-state index in [0.717, 1.165) is 11.3 Å². The first-order chi connectivity index (χ1) is 9.61. The van der Waals surface area contributed by atoms with Crippen LogP contribution in [-0.4, -0.2) is 12.9 Å². The summed E-state index contributed by atoms with van der Waals surface area (Å²) in [5.41, 5.74) is 6.95. The summed E-state index contributed by atoms with van der Waals surface area (Å²) in [6.07, 6.45) is 0. The molecule has 0 unspecified atom stereocenters. The van der Waals surface area contributed by atoms with Crippen LogP contribution in [0.2, 0.25) is 5.02 Å². The highest BCUT2D eigenvalue weighted by Crippen LogP contribution is 2.25. The van der Waals surface area contributed by atoms with Crippen molar-refractivity contribution < 1.29 is 9.47 Å². The summed E-state index contributed by atoms with van der Waals surface area (Å²) in [5, 5.41) is 8.07. The largest absolute Gasteiger partial charge is 0.496 e. The molecule has 0 spiro atoms. The number of benzene rings is 2. The predicted molar refractivity (Wildman–Crippen MR) is 79.8 cm³/mol. The van der Waals surface area contributed by atoms with Crippen molar-refractivity contribution in [3.05, 3.63) is 58.6 Å². The Morgan fingerprint density at radius 3 is 2.65 bits per heavy atom. The van der Waals surface area contributed by atoms with Crippen molar-refractivity contribution in [1.29, 1.82) is 5.41 Å². The molecule has 104 valence electrons. The van der Waals surface area contributed by atoms with Gasteiger partial charge < -0.3 is 15.2 Å². The summed E-state index contributed by atoms with van der Waals surface area (Å²) in [4.78, 5) is 0. The third-order valence-electron chi connectivity index (χ3n) is 2.81. The van der Waals surface area contributed by atoms with E-state index in [-0.39, 0.29) is 5.84 Å². The van der Waals surface area contributed by atoms with E-state index in [0.29, 0.717) is 22.9 Å². The molecule has 0 bridgehead atoms. The van der Waals surface area contributed by atoms with Crippen molar-refractivity contribution in [2.24, 2.45) is 5.73 Å². The Labute approximate surface area is 122 Å². The van der Waals surface area contributed by atoms with Gasteiger partial charge in [0.1, 0.15) is 23.9 Å². The average molecular weight is 291 g/mol. The number of para-hydroxylation sites is 1. The Balaban J connectivity index is 2.22. The molecule has 0 fully saturated rings. The van der Waals surface area contributed by atoms with E-state index in [1.165, 1.54) is 0 Å². The van der Waals surface area contributed by atoms with Gasteiger partial charge in [-0.05, 0) is 24.3 Å². The van der Waals surface area contributed by atoms with Crippen LogP contribution < -0.4 is 15.2 Å². The van der Waals surface area contributed by atoms with Crippen LogP contribution >= 0.6 is 11.6 Å². The molecule has 0 aliphatic rings. The number of rotatable bonds is 5. The average Bonchev–Trinajstić information content (AvgIpc) is 2.45. The van der Waals surface area contributed by atoms with Crippen LogP contribution in [0.25, 0.3) is 0 Å². The Kier molecular flexibility index (Phi) is 4.48. The number of ether oxygens (including phenoxy) is 2. The Morgan fingerprint density at radius 1 is 1.20 bits per heavy atom. The molecule has 20 heavy (non-hydrogen) atoms. The molecule has 0 aliphatic heterocycles. The van der Waals surface area contributed by atoms with Gasteiger partial charge >= 0.3 is 0 Å². The van der Waals surface area contributed by atoms with Gasteiger partial charge in [-0.1, -0.05) is 29.8 Å². The summed E-state index contributed by atoms with van der Waals surface area (Å²) in [5.74, 6) is 1.17. The van der Waals surface area contributed by atoms with E-state index < -0.39 is 0 Å². The number of methoxy groups -OCH3 is 1. The van der Waals surface area contributed by atoms with Gasteiger partial charge in [-0.25, -0.2) is 0 Å². The van der Waals surface area contributed by atoms with Crippen molar-refractivity contribution in [2.45, 2.75) is 6.61 Å². The number of nitrogen functional groups attached to an aromatic ring is 1. The SMILES string of the molecule is COc1ccccc1COc1cc(Cl)ccc1C(=N)N. The third kappa shape index (κ3) is 3.22. The molecule has 5 heteroatoms. The molecule has 0 radical (unpaired) electrons. The number of nitrogens with two attached hydrogens (primary N) is 1. The highest BCUT2D eigenvalue weighted by molar-refractivity contribution is 6.30. The van der Waals surface area contributed by atoms with Gasteiger partial charge in [0.15, 0.2) is 0 Å².